The van der Waals surface area contributed by atoms with Gasteiger partial charge in [-0.05, 0) is 48.5 Å². The summed E-state index contributed by atoms with van der Waals surface area (Å²) in [6, 6.07) is -0.591. The van der Waals surface area contributed by atoms with Gasteiger partial charge in [-0.2, -0.15) is 4.68 Å². The number of hydrogen-bond acceptors (Lipinski definition) is 4. The number of amides is 1. The molecule has 1 N–H and O–H groups in total. The zero-order chi connectivity index (χ0) is 14.0. The maximum atomic E-state index is 11.8. The first-order valence-electron chi connectivity index (χ1n) is 5.45. The highest BCUT2D eigenvalue weighted by molar-refractivity contribution is 9.10. The third-order valence-electron chi connectivity index (χ3n) is 2.41. The Labute approximate surface area is 113 Å². The van der Waals surface area contributed by atoms with Crippen molar-refractivity contribution < 1.29 is 9.72 Å². The predicted molar refractivity (Wildman–Crippen MR) is 69.3 cm³/mol. The Morgan fingerprint density at radius 3 is 2.44 bits per heavy atom. The van der Waals surface area contributed by atoms with Gasteiger partial charge < -0.3 is 15.4 Å². The van der Waals surface area contributed by atoms with Crippen LogP contribution in [0, 0.1) is 17.0 Å². The molecule has 18 heavy (non-hydrogen) atoms. The monoisotopic (exact) mass is 318 g/mol. The molecular formula is C10H15BrN4O3. The number of hydrogen-bond donors (Lipinski definition) is 1. The summed E-state index contributed by atoms with van der Waals surface area (Å²) in [5.41, 5.74) is 0.549. The van der Waals surface area contributed by atoms with E-state index in [0.29, 0.717) is 10.2 Å². The number of nitro groups is 1. The van der Waals surface area contributed by atoms with Crippen LogP contribution in [0.2, 0.25) is 0 Å². The summed E-state index contributed by atoms with van der Waals surface area (Å²) in [4.78, 5) is 22.0. The van der Waals surface area contributed by atoms with Crippen LogP contribution in [0.15, 0.2) is 4.47 Å². The lowest BCUT2D eigenvalue weighted by Crippen LogP contribution is -2.36. The van der Waals surface area contributed by atoms with Crippen molar-refractivity contribution in [2.45, 2.75) is 39.8 Å². The fourth-order valence-electron chi connectivity index (χ4n) is 1.49. The van der Waals surface area contributed by atoms with Crippen LogP contribution in [0.25, 0.3) is 0 Å². The minimum Gasteiger partial charge on any atom is -0.358 e. The van der Waals surface area contributed by atoms with Crippen LogP contribution in [0.5, 0.6) is 0 Å². The van der Waals surface area contributed by atoms with Gasteiger partial charge in [-0.25, -0.2) is 0 Å². The molecule has 8 heteroatoms. The van der Waals surface area contributed by atoms with Gasteiger partial charge >= 0.3 is 5.82 Å². The average Bonchev–Trinajstić information content (AvgIpc) is 2.54. The molecule has 0 spiro atoms. The third kappa shape index (κ3) is 2.87. The molecule has 0 aliphatic carbocycles. The van der Waals surface area contributed by atoms with Crippen molar-refractivity contribution in [3.63, 3.8) is 0 Å². The maximum absolute atomic E-state index is 11.8. The predicted octanol–water partition coefficient (Wildman–Crippen LogP) is 1.95. The van der Waals surface area contributed by atoms with Crippen LogP contribution in [0.4, 0.5) is 5.82 Å². The standard InChI is InChI=1S/C10H15BrN4O3/c1-5(2)12-10(16)7(4)14-6(3)8(11)9(13-14)15(17)18/h5,7H,1-4H3,(H,12,16). The van der Waals surface area contributed by atoms with E-state index in [4.69, 9.17) is 0 Å². The highest BCUT2D eigenvalue weighted by atomic mass is 79.9. The van der Waals surface area contributed by atoms with Gasteiger partial charge in [0.1, 0.15) is 10.5 Å². The van der Waals surface area contributed by atoms with Crippen molar-refractivity contribution in [3.05, 3.63) is 20.3 Å². The Kier molecular flexibility index (Phi) is 4.44. The molecule has 0 fully saturated rings. The van der Waals surface area contributed by atoms with E-state index in [1.807, 2.05) is 13.8 Å². The second-order valence-electron chi connectivity index (χ2n) is 4.26. The molecule has 0 bridgehead atoms. The fraction of sp³-hybridized carbons (Fsp3) is 0.600. The molecule has 0 aliphatic rings. The zero-order valence-electron chi connectivity index (χ0n) is 10.6. The van der Waals surface area contributed by atoms with Crippen LogP contribution in [-0.2, 0) is 4.79 Å². The molecule has 1 amide bonds. The second-order valence-corrected chi connectivity index (χ2v) is 5.06. The minimum absolute atomic E-state index is 0.00856. The summed E-state index contributed by atoms with van der Waals surface area (Å²) in [7, 11) is 0. The van der Waals surface area contributed by atoms with E-state index in [9.17, 15) is 14.9 Å². The van der Waals surface area contributed by atoms with E-state index >= 15 is 0 Å². The van der Waals surface area contributed by atoms with Gasteiger partial charge in [-0.15, -0.1) is 0 Å². The molecule has 100 valence electrons. The molecule has 1 unspecified atom stereocenters. The van der Waals surface area contributed by atoms with Crippen molar-refractivity contribution in [2.75, 3.05) is 0 Å². The Morgan fingerprint density at radius 1 is 1.50 bits per heavy atom. The average molecular weight is 319 g/mol. The highest BCUT2D eigenvalue weighted by Gasteiger charge is 2.29. The van der Waals surface area contributed by atoms with E-state index in [1.165, 1.54) is 4.68 Å². The van der Waals surface area contributed by atoms with Gasteiger partial charge in [0.25, 0.3) is 0 Å². The molecule has 1 heterocycles. The summed E-state index contributed by atoms with van der Waals surface area (Å²) >= 11 is 3.11. The lowest BCUT2D eigenvalue weighted by molar-refractivity contribution is -0.390. The Hall–Kier alpha value is -1.44. The molecule has 0 saturated carbocycles. The minimum atomic E-state index is -0.600. The first kappa shape index (κ1) is 14.6. The molecule has 0 aromatic carbocycles. The van der Waals surface area contributed by atoms with Crippen molar-refractivity contribution in [1.29, 1.82) is 0 Å². The summed E-state index contributed by atoms with van der Waals surface area (Å²) < 4.78 is 1.65. The van der Waals surface area contributed by atoms with E-state index < -0.39 is 11.0 Å². The van der Waals surface area contributed by atoms with Gasteiger partial charge in [-0.3, -0.25) is 4.79 Å². The molecule has 1 aromatic rings. The first-order valence-corrected chi connectivity index (χ1v) is 6.24. The quantitative estimate of drug-likeness (QED) is 0.678. The van der Waals surface area contributed by atoms with Gasteiger partial charge in [0, 0.05) is 6.04 Å². The first-order chi connectivity index (χ1) is 8.25. The molecule has 0 saturated heterocycles. The molecule has 0 radical (unpaired) electrons. The Bertz CT molecular complexity index is 484. The molecule has 1 atom stereocenters. The number of halogens is 1. The summed E-state index contributed by atoms with van der Waals surface area (Å²) in [5.74, 6) is -0.505. The molecule has 0 aliphatic heterocycles. The Morgan fingerprint density at radius 2 is 2.06 bits per heavy atom. The smallest absolute Gasteiger partial charge is 0.358 e. The summed E-state index contributed by atoms with van der Waals surface area (Å²) in [5, 5.41) is 17.3. The van der Waals surface area contributed by atoms with Crippen molar-refractivity contribution >= 4 is 27.7 Å². The van der Waals surface area contributed by atoms with Crippen LogP contribution in [0.3, 0.4) is 0 Å². The summed E-state index contributed by atoms with van der Waals surface area (Å²) in [6.45, 7) is 7.01. The number of carbonyl (C=O) groups excluding carboxylic acids is 1. The molecule has 1 aromatic heterocycles. The topological polar surface area (TPSA) is 90.1 Å². The number of rotatable bonds is 4. The number of aromatic nitrogens is 2. The third-order valence-corrected chi connectivity index (χ3v) is 3.34. The van der Waals surface area contributed by atoms with E-state index in [2.05, 4.69) is 26.3 Å². The fourth-order valence-corrected chi connectivity index (χ4v) is 1.90. The normalized spacial score (nSPS) is 12.6. The van der Waals surface area contributed by atoms with Gasteiger partial charge in [0.15, 0.2) is 0 Å². The van der Waals surface area contributed by atoms with Crippen LogP contribution < -0.4 is 5.32 Å². The zero-order valence-corrected chi connectivity index (χ0v) is 12.2. The second kappa shape index (κ2) is 5.47. The molecule has 1 rings (SSSR count). The summed E-state index contributed by atoms with van der Waals surface area (Å²) in [6.07, 6.45) is 0. The number of carbonyl (C=O) groups is 1. The van der Waals surface area contributed by atoms with Gasteiger partial charge in [0.05, 0.1) is 10.8 Å². The van der Waals surface area contributed by atoms with Crippen LogP contribution in [-0.4, -0.2) is 26.7 Å². The maximum Gasteiger partial charge on any atom is 0.404 e. The number of nitrogens with one attached hydrogen (secondary N) is 1. The largest absolute Gasteiger partial charge is 0.404 e. The van der Waals surface area contributed by atoms with Crippen LogP contribution in [0.1, 0.15) is 32.5 Å². The van der Waals surface area contributed by atoms with Crippen molar-refractivity contribution in [2.24, 2.45) is 0 Å². The Balaban J connectivity index is 3.07. The van der Waals surface area contributed by atoms with Gasteiger partial charge in [-0.1, -0.05) is 0 Å². The van der Waals surface area contributed by atoms with Gasteiger partial charge in [0.2, 0.25) is 5.91 Å². The van der Waals surface area contributed by atoms with E-state index in [-0.39, 0.29) is 17.8 Å². The van der Waals surface area contributed by atoms with Crippen molar-refractivity contribution in [3.8, 4) is 0 Å². The number of nitrogens with zero attached hydrogens (tertiary/aromatic N) is 3. The SMILES string of the molecule is Cc1c(Br)c([N+](=O)[O-])nn1C(C)C(=O)NC(C)C. The highest BCUT2D eigenvalue weighted by Crippen LogP contribution is 2.28. The molecular weight excluding hydrogens is 304 g/mol. The van der Waals surface area contributed by atoms with E-state index in [1.54, 1.807) is 13.8 Å². The molecule has 7 nitrogen and oxygen atoms in total. The van der Waals surface area contributed by atoms with Crippen LogP contribution >= 0.6 is 15.9 Å². The lowest BCUT2D eigenvalue weighted by Gasteiger charge is -2.13. The van der Waals surface area contributed by atoms with Crippen molar-refractivity contribution in [1.82, 2.24) is 15.1 Å². The lowest BCUT2D eigenvalue weighted by atomic mass is 10.2. The van der Waals surface area contributed by atoms with E-state index in [0.717, 1.165) is 0 Å².